The van der Waals surface area contributed by atoms with E-state index in [1.807, 2.05) is 0 Å². The van der Waals surface area contributed by atoms with Crippen molar-refractivity contribution in [2.45, 2.75) is 15.3 Å². The van der Waals surface area contributed by atoms with Gasteiger partial charge in [-0.15, -0.1) is 21.5 Å². The van der Waals surface area contributed by atoms with Crippen molar-refractivity contribution in [3.63, 3.8) is 0 Å². The van der Waals surface area contributed by atoms with Gasteiger partial charge in [0.2, 0.25) is 0 Å². The molecule has 6 nitrogen and oxygen atoms in total. The lowest BCUT2D eigenvalue weighted by Crippen LogP contribution is -1.89. The minimum atomic E-state index is -0.966. The van der Waals surface area contributed by atoms with Crippen LogP contribution in [0.1, 0.15) is 14.7 Å². The second-order valence-corrected chi connectivity index (χ2v) is 6.38. The Balaban J connectivity index is 2.05. The SMILES string of the molecule is COCc1nnc(Sc2ncc(C(=O)O)s2)s1. The van der Waals surface area contributed by atoms with Crippen LogP contribution in [0.2, 0.25) is 0 Å². The van der Waals surface area contributed by atoms with Crippen LogP contribution in [0.4, 0.5) is 0 Å². The van der Waals surface area contributed by atoms with Gasteiger partial charge in [-0.2, -0.15) is 0 Å². The minimum absolute atomic E-state index is 0.217. The summed E-state index contributed by atoms with van der Waals surface area (Å²) < 4.78 is 6.30. The molecule has 0 spiro atoms. The van der Waals surface area contributed by atoms with E-state index in [-0.39, 0.29) is 4.88 Å². The Kier molecular flexibility index (Phi) is 4.05. The lowest BCUT2D eigenvalue weighted by Gasteiger charge is -1.88. The summed E-state index contributed by atoms with van der Waals surface area (Å²) in [5.74, 6) is -0.966. The van der Waals surface area contributed by atoms with E-state index in [0.717, 1.165) is 20.7 Å². The van der Waals surface area contributed by atoms with Gasteiger partial charge in [0.25, 0.3) is 0 Å². The fourth-order valence-electron chi connectivity index (χ4n) is 0.940. The molecule has 0 unspecified atom stereocenters. The highest BCUT2D eigenvalue weighted by molar-refractivity contribution is 8.02. The third-order valence-electron chi connectivity index (χ3n) is 1.59. The molecule has 90 valence electrons. The molecule has 0 aliphatic carbocycles. The first-order valence-electron chi connectivity index (χ1n) is 4.37. The second-order valence-electron chi connectivity index (χ2n) is 2.79. The Hall–Kier alpha value is -1.03. The van der Waals surface area contributed by atoms with E-state index >= 15 is 0 Å². The van der Waals surface area contributed by atoms with Crippen LogP contribution in [-0.2, 0) is 11.3 Å². The summed E-state index contributed by atoms with van der Waals surface area (Å²) in [7, 11) is 1.59. The third kappa shape index (κ3) is 3.22. The van der Waals surface area contributed by atoms with Crippen LogP contribution in [0.3, 0.4) is 0 Å². The molecule has 0 saturated heterocycles. The number of methoxy groups -OCH3 is 1. The Morgan fingerprint density at radius 1 is 1.47 bits per heavy atom. The fraction of sp³-hybridized carbons (Fsp3) is 0.250. The molecule has 0 fully saturated rings. The Morgan fingerprint density at radius 2 is 2.29 bits per heavy atom. The molecule has 0 atom stereocenters. The summed E-state index contributed by atoms with van der Waals surface area (Å²) in [6.07, 6.45) is 1.34. The van der Waals surface area contributed by atoms with Crippen LogP contribution in [0.5, 0.6) is 0 Å². The summed E-state index contributed by atoms with van der Waals surface area (Å²) in [6, 6.07) is 0. The normalized spacial score (nSPS) is 10.6. The first-order valence-corrected chi connectivity index (χ1v) is 6.82. The molecule has 0 radical (unpaired) electrons. The fourth-order valence-corrected chi connectivity index (χ4v) is 3.83. The highest BCUT2D eigenvalue weighted by Crippen LogP contribution is 2.33. The largest absolute Gasteiger partial charge is 0.477 e. The number of rotatable bonds is 5. The van der Waals surface area contributed by atoms with Crippen LogP contribution < -0.4 is 0 Å². The number of ether oxygens (including phenoxy) is 1. The topological polar surface area (TPSA) is 85.2 Å². The van der Waals surface area contributed by atoms with Crippen molar-refractivity contribution in [3.05, 3.63) is 16.1 Å². The van der Waals surface area contributed by atoms with E-state index in [4.69, 9.17) is 9.84 Å². The molecule has 2 aromatic rings. The van der Waals surface area contributed by atoms with Crippen molar-refractivity contribution in [2.24, 2.45) is 0 Å². The summed E-state index contributed by atoms with van der Waals surface area (Å²) in [5.41, 5.74) is 0. The number of nitrogens with zero attached hydrogens (tertiary/aromatic N) is 3. The summed E-state index contributed by atoms with van der Waals surface area (Å²) in [6.45, 7) is 0.427. The Labute approximate surface area is 109 Å². The zero-order valence-electron chi connectivity index (χ0n) is 8.61. The summed E-state index contributed by atoms with van der Waals surface area (Å²) in [5, 5.41) is 17.4. The average Bonchev–Trinajstić information content (AvgIpc) is 2.89. The third-order valence-corrected chi connectivity index (χ3v) is 4.59. The predicted octanol–water partition coefficient (Wildman–Crippen LogP) is 1.99. The van der Waals surface area contributed by atoms with Crippen LogP contribution in [0, 0.1) is 0 Å². The zero-order valence-corrected chi connectivity index (χ0v) is 11.1. The van der Waals surface area contributed by atoms with E-state index in [2.05, 4.69) is 15.2 Å². The van der Waals surface area contributed by atoms with Gasteiger partial charge in [-0.25, -0.2) is 9.78 Å². The van der Waals surface area contributed by atoms with Crippen LogP contribution in [-0.4, -0.2) is 33.4 Å². The van der Waals surface area contributed by atoms with E-state index < -0.39 is 5.97 Å². The van der Waals surface area contributed by atoms with Crippen molar-refractivity contribution in [3.8, 4) is 0 Å². The smallest absolute Gasteiger partial charge is 0.347 e. The van der Waals surface area contributed by atoms with E-state index in [1.54, 1.807) is 7.11 Å². The molecular weight excluding hydrogens is 282 g/mol. The molecule has 0 aliphatic rings. The molecule has 2 rings (SSSR count). The monoisotopic (exact) mass is 289 g/mol. The number of aromatic carboxylic acids is 1. The van der Waals surface area contributed by atoms with Gasteiger partial charge in [0, 0.05) is 7.11 Å². The maximum Gasteiger partial charge on any atom is 0.347 e. The molecule has 2 heterocycles. The number of hydrogen-bond donors (Lipinski definition) is 1. The zero-order chi connectivity index (χ0) is 12.3. The van der Waals surface area contributed by atoms with Crippen molar-refractivity contribution in [2.75, 3.05) is 7.11 Å². The van der Waals surface area contributed by atoms with Crippen LogP contribution in [0.15, 0.2) is 14.9 Å². The average molecular weight is 289 g/mol. The van der Waals surface area contributed by atoms with E-state index in [1.165, 1.54) is 29.3 Å². The number of aromatic nitrogens is 3. The van der Waals surface area contributed by atoms with Gasteiger partial charge >= 0.3 is 5.97 Å². The summed E-state index contributed by atoms with van der Waals surface area (Å²) in [4.78, 5) is 14.9. The number of carboxylic acids is 1. The second kappa shape index (κ2) is 5.54. The van der Waals surface area contributed by atoms with E-state index in [9.17, 15) is 4.79 Å². The highest BCUT2D eigenvalue weighted by Gasteiger charge is 2.12. The van der Waals surface area contributed by atoms with Gasteiger partial charge in [0.1, 0.15) is 9.88 Å². The Bertz CT molecular complexity index is 525. The standard InChI is InChI=1S/C8H7N3O3S3/c1-14-3-5-10-11-8(16-5)17-7-9-2-4(15-7)6(12)13/h2H,3H2,1H3,(H,12,13). The van der Waals surface area contributed by atoms with Gasteiger partial charge in [-0.1, -0.05) is 11.3 Å². The maximum absolute atomic E-state index is 10.7. The lowest BCUT2D eigenvalue weighted by atomic mass is 10.6. The molecule has 2 aromatic heterocycles. The molecule has 0 saturated carbocycles. The lowest BCUT2D eigenvalue weighted by molar-refractivity contribution is 0.0702. The van der Waals surface area contributed by atoms with E-state index in [0.29, 0.717) is 10.9 Å². The number of thiazole rings is 1. The Morgan fingerprint density at radius 3 is 2.94 bits per heavy atom. The minimum Gasteiger partial charge on any atom is -0.477 e. The molecule has 17 heavy (non-hydrogen) atoms. The van der Waals surface area contributed by atoms with Gasteiger partial charge in [-0.3, -0.25) is 0 Å². The van der Waals surface area contributed by atoms with Crippen molar-refractivity contribution >= 4 is 40.4 Å². The van der Waals surface area contributed by atoms with Crippen LogP contribution >= 0.6 is 34.4 Å². The van der Waals surface area contributed by atoms with Gasteiger partial charge in [0.15, 0.2) is 8.68 Å². The highest BCUT2D eigenvalue weighted by atomic mass is 32.2. The first kappa shape index (κ1) is 12.4. The molecule has 1 N–H and O–H groups in total. The van der Waals surface area contributed by atoms with Crippen molar-refractivity contribution in [1.29, 1.82) is 0 Å². The van der Waals surface area contributed by atoms with Crippen LogP contribution in [0.25, 0.3) is 0 Å². The molecular formula is C8H7N3O3S3. The predicted molar refractivity (Wildman–Crippen MR) is 63.8 cm³/mol. The van der Waals surface area contributed by atoms with Crippen molar-refractivity contribution < 1.29 is 14.6 Å². The number of carbonyl (C=O) groups is 1. The quantitative estimate of drug-likeness (QED) is 0.900. The van der Waals surface area contributed by atoms with Crippen molar-refractivity contribution in [1.82, 2.24) is 15.2 Å². The number of carboxylic acid groups (broad SMARTS) is 1. The number of hydrogen-bond acceptors (Lipinski definition) is 8. The van der Waals surface area contributed by atoms with Gasteiger partial charge in [0.05, 0.1) is 12.8 Å². The van der Waals surface area contributed by atoms with Gasteiger partial charge in [-0.05, 0) is 11.8 Å². The summed E-state index contributed by atoms with van der Waals surface area (Å²) >= 11 is 3.83. The maximum atomic E-state index is 10.7. The van der Waals surface area contributed by atoms with Gasteiger partial charge < -0.3 is 9.84 Å². The molecule has 0 aromatic carbocycles. The molecule has 0 bridgehead atoms. The molecule has 9 heteroatoms. The first-order chi connectivity index (χ1) is 8.19. The molecule has 0 amide bonds. The molecule has 0 aliphatic heterocycles.